The molecule has 0 bridgehead atoms. The summed E-state index contributed by atoms with van der Waals surface area (Å²) in [6, 6.07) is 12.1. The number of nitrogens with two attached hydrogens (primary N) is 1. The van der Waals surface area contributed by atoms with E-state index in [0.717, 1.165) is 22.6 Å². The van der Waals surface area contributed by atoms with Crippen molar-refractivity contribution in [2.24, 2.45) is 5.73 Å². The molecule has 0 radical (unpaired) electrons. The maximum absolute atomic E-state index is 5.82. The van der Waals surface area contributed by atoms with Gasteiger partial charge < -0.3 is 11.1 Å². The van der Waals surface area contributed by atoms with Crippen LogP contribution >= 0.6 is 0 Å². The van der Waals surface area contributed by atoms with Gasteiger partial charge in [-0.1, -0.05) is 18.2 Å². The van der Waals surface area contributed by atoms with Gasteiger partial charge in [0.05, 0.1) is 0 Å². The summed E-state index contributed by atoms with van der Waals surface area (Å²) in [5, 5.41) is 3.29. The molecule has 0 saturated carbocycles. The Morgan fingerprint density at radius 2 is 1.94 bits per heavy atom. The zero-order valence-electron chi connectivity index (χ0n) is 10.1. The van der Waals surface area contributed by atoms with Crippen molar-refractivity contribution in [1.82, 2.24) is 4.98 Å². The van der Waals surface area contributed by atoms with Crippen molar-refractivity contribution in [3.63, 3.8) is 0 Å². The second-order valence-corrected chi connectivity index (χ2v) is 4.21. The van der Waals surface area contributed by atoms with Gasteiger partial charge in [0, 0.05) is 17.9 Å². The molecule has 3 N–H and O–H groups in total. The number of aromatic nitrogens is 1. The third-order valence-corrected chi connectivity index (χ3v) is 2.66. The van der Waals surface area contributed by atoms with Gasteiger partial charge in [-0.25, -0.2) is 4.98 Å². The van der Waals surface area contributed by atoms with E-state index in [-0.39, 0.29) is 6.04 Å². The van der Waals surface area contributed by atoms with E-state index in [1.807, 2.05) is 50.4 Å². The van der Waals surface area contributed by atoms with E-state index < -0.39 is 0 Å². The van der Waals surface area contributed by atoms with Gasteiger partial charge in [0.15, 0.2) is 0 Å². The van der Waals surface area contributed by atoms with Gasteiger partial charge in [-0.2, -0.15) is 0 Å². The summed E-state index contributed by atoms with van der Waals surface area (Å²) in [7, 11) is 0. The summed E-state index contributed by atoms with van der Waals surface area (Å²) in [5.41, 5.74) is 9.02. The third kappa shape index (κ3) is 2.82. The SMILES string of the molecule is Cc1cc([C@@H](C)N)cnc1Nc1ccccc1. The van der Waals surface area contributed by atoms with Crippen LogP contribution in [0.15, 0.2) is 42.6 Å². The van der Waals surface area contributed by atoms with Gasteiger partial charge in [-0.15, -0.1) is 0 Å². The van der Waals surface area contributed by atoms with E-state index in [1.165, 1.54) is 0 Å². The molecule has 0 aliphatic carbocycles. The maximum atomic E-state index is 5.82. The minimum absolute atomic E-state index is 0.0203. The van der Waals surface area contributed by atoms with Crippen molar-refractivity contribution < 1.29 is 0 Å². The Kier molecular flexibility index (Phi) is 3.40. The van der Waals surface area contributed by atoms with Crippen LogP contribution in [-0.4, -0.2) is 4.98 Å². The molecule has 3 nitrogen and oxygen atoms in total. The van der Waals surface area contributed by atoms with E-state index in [1.54, 1.807) is 0 Å². The van der Waals surface area contributed by atoms with E-state index in [2.05, 4.69) is 16.4 Å². The van der Waals surface area contributed by atoms with E-state index in [4.69, 9.17) is 5.73 Å². The number of nitrogens with zero attached hydrogens (tertiary/aromatic N) is 1. The Balaban J connectivity index is 2.23. The van der Waals surface area contributed by atoms with Crippen molar-refractivity contribution >= 4 is 11.5 Å². The fraction of sp³-hybridized carbons (Fsp3) is 0.214. The van der Waals surface area contributed by atoms with Crippen LogP contribution in [-0.2, 0) is 0 Å². The van der Waals surface area contributed by atoms with E-state index >= 15 is 0 Å². The number of para-hydroxylation sites is 1. The van der Waals surface area contributed by atoms with Gasteiger partial charge in [0.2, 0.25) is 0 Å². The fourth-order valence-corrected chi connectivity index (χ4v) is 1.63. The zero-order valence-corrected chi connectivity index (χ0v) is 10.1. The van der Waals surface area contributed by atoms with Crippen LogP contribution in [0.5, 0.6) is 0 Å². The molecule has 88 valence electrons. The van der Waals surface area contributed by atoms with Crippen molar-refractivity contribution in [3.05, 3.63) is 53.7 Å². The topological polar surface area (TPSA) is 50.9 Å². The summed E-state index contributed by atoms with van der Waals surface area (Å²) < 4.78 is 0. The average molecular weight is 227 g/mol. The number of anilines is 2. The van der Waals surface area contributed by atoms with E-state index in [9.17, 15) is 0 Å². The van der Waals surface area contributed by atoms with Crippen molar-refractivity contribution in [2.45, 2.75) is 19.9 Å². The number of nitrogens with one attached hydrogen (secondary N) is 1. The van der Waals surface area contributed by atoms with Crippen LogP contribution < -0.4 is 11.1 Å². The Bertz CT molecular complexity index is 492. The highest BCUT2D eigenvalue weighted by molar-refractivity contribution is 5.59. The van der Waals surface area contributed by atoms with E-state index in [0.29, 0.717) is 0 Å². The molecule has 0 fully saturated rings. The molecule has 3 heteroatoms. The normalized spacial score (nSPS) is 12.2. The molecule has 0 aliphatic rings. The average Bonchev–Trinajstić information content (AvgIpc) is 2.33. The molecule has 1 aromatic carbocycles. The lowest BCUT2D eigenvalue weighted by atomic mass is 10.1. The highest BCUT2D eigenvalue weighted by atomic mass is 15.0. The first-order chi connectivity index (χ1) is 8.16. The Morgan fingerprint density at radius 3 is 2.53 bits per heavy atom. The Hall–Kier alpha value is -1.87. The summed E-state index contributed by atoms with van der Waals surface area (Å²) in [6.45, 7) is 3.99. The molecule has 2 rings (SSSR count). The number of rotatable bonds is 3. The highest BCUT2D eigenvalue weighted by Crippen LogP contribution is 2.20. The quantitative estimate of drug-likeness (QED) is 0.846. The first-order valence-electron chi connectivity index (χ1n) is 5.71. The van der Waals surface area contributed by atoms with Gasteiger partial charge >= 0.3 is 0 Å². The van der Waals surface area contributed by atoms with Crippen molar-refractivity contribution in [1.29, 1.82) is 0 Å². The molecule has 2 aromatic rings. The molecule has 0 amide bonds. The predicted octanol–water partition coefficient (Wildman–Crippen LogP) is 3.15. The lowest BCUT2D eigenvalue weighted by molar-refractivity contribution is 0.810. The summed E-state index contributed by atoms with van der Waals surface area (Å²) in [6.07, 6.45) is 1.82. The maximum Gasteiger partial charge on any atom is 0.133 e. The number of aryl methyl sites for hydroxylation is 1. The number of hydrogen-bond donors (Lipinski definition) is 2. The summed E-state index contributed by atoms with van der Waals surface area (Å²) in [4.78, 5) is 4.40. The smallest absolute Gasteiger partial charge is 0.133 e. The molecule has 0 unspecified atom stereocenters. The number of benzene rings is 1. The molecule has 0 spiro atoms. The first kappa shape index (κ1) is 11.6. The van der Waals surface area contributed by atoms with Crippen LogP contribution in [0.3, 0.4) is 0 Å². The molecular formula is C14H17N3. The van der Waals surface area contributed by atoms with Crippen molar-refractivity contribution in [2.75, 3.05) is 5.32 Å². The molecule has 1 heterocycles. The second kappa shape index (κ2) is 4.97. The van der Waals surface area contributed by atoms with Crippen molar-refractivity contribution in [3.8, 4) is 0 Å². The van der Waals surface area contributed by atoms with Crippen LogP contribution in [0.2, 0.25) is 0 Å². The molecule has 0 saturated heterocycles. The summed E-state index contributed by atoms with van der Waals surface area (Å²) in [5.74, 6) is 0.876. The molecule has 0 aliphatic heterocycles. The van der Waals surface area contributed by atoms with Crippen LogP contribution in [0.4, 0.5) is 11.5 Å². The largest absolute Gasteiger partial charge is 0.340 e. The monoisotopic (exact) mass is 227 g/mol. The Labute approximate surface area is 102 Å². The Morgan fingerprint density at radius 1 is 1.24 bits per heavy atom. The molecular weight excluding hydrogens is 210 g/mol. The number of pyridine rings is 1. The predicted molar refractivity (Wildman–Crippen MR) is 71.3 cm³/mol. The minimum Gasteiger partial charge on any atom is -0.340 e. The first-order valence-corrected chi connectivity index (χ1v) is 5.71. The van der Waals surface area contributed by atoms with Gasteiger partial charge in [-0.05, 0) is 43.2 Å². The van der Waals surface area contributed by atoms with Gasteiger partial charge in [0.25, 0.3) is 0 Å². The lowest BCUT2D eigenvalue weighted by Crippen LogP contribution is -2.07. The second-order valence-electron chi connectivity index (χ2n) is 4.21. The van der Waals surface area contributed by atoms with Crippen LogP contribution in [0.25, 0.3) is 0 Å². The highest BCUT2D eigenvalue weighted by Gasteiger charge is 2.04. The zero-order chi connectivity index (χ0) is 12.3. The minimum atomic E-state index is 0.0203. The number of hydrogen-bond acceptors (Lipinski definition) is 3. The molecule has 17 heavy (non-hydrogen) atoms. The van der Waals surface area contributed by atoms with Crippen LogP contribution in [0, 0.1) is 6.92 Å². The van der Waals surface area contributed by atoms with Crippen LogP contribution in [0.1, 0.15) is 24.1 Å². The third-order valence-electron chi connectivity index (χ3n) is 2.66. The standard InChI is InChI=1S/C14H17N3/c1-10-8-12(11(2)15)9-16-14(10)17-13-6-4-3-5-7-13/h3-9,11H,15H2,1-2H3,(H,16,17)/t11-/m1/s1. The molecule has 1 aromatic heterocycles. The lowest BCUT2D eigenvalue weighted by Gasteiger charge is -2.11. The van der Waals surface area contributed by atoms with Gasteiger partial charge in [-0.3, -0.25) is 0 Å². The van der Waals surface area contributed by atoms with Gasteiger partial charge in [0.1, 0.15) is 5.82 Å². The summed E-state index contributed by atoms with van der Waals surface area (Å²) >= 11 is 0. The fourth-order valence-electron chi connectivity index (χ4n) is 1.63. The molecule has 1 atom stereocenters.